The zero-order valence-corrected chi connectivity index (χ0v) is 16.3. The van der Waals surface area contributed by atoms with Crippen molar-refractivity contribution in [2.24, 2.45) is 0 Å². The Bertz CT molecular complexity index is 891. The van der Waals surface area contributed by atoms with Crippen molar-refractivity contribution < 1.29 is 9.53 Å². The summed E-state index contributed by atoms with van der Waals surface area (Å²) in [4.78, 5) is 20.2. The van der Waals surface area contributed by atoms with Gasteiger partial charge in [-0.3, -0.25) is 0 Å². The van der Waals surface area contributed by atoms with E-state index in [4.69, 9.17) is 9.72 Å². The summed E-state index contributed by atoms with van der Waals surface area (Å²) in [6.07, 6.45) is 5.52. The van der Waals surface area contributed by atoms with E-state index >= 15 is 0 Å². The lowest BCUT2D eigenvalue weighted by Crippen LogP contribution is -2.06. The van der Waals surface area contributed by atoms with Gasteiger partial charge in [-0.25, -0.2) is 9.78 Å². The van der Waals surface area contributed by atoms with E-state index in [-0.39, 0.29) is 5.97 Å². The van der Waals surface area contributed by atoms with Gasteiger partial charge in [0.1, 0.15) is 11.1 Å². The Morgan fingerprint density at radius 3 is 2.73 bits per heavy atom. The number of hydrogen-bond donors (Lipinski definition) is 1. The van der Waals surface area contributed by atoms with Gasteiger partial charge >= 0.3 is 5.97 Å². The van der Waals surface area contributed by atoms with Gasteiger partial charge in [0.2, 0.25) is 0 Å². The highest BCUT2D eigenvalue weighted by Crippen LogP contribution is 2.34. The van der Waals surface area contributed by atoms with Gasteiger partial charge in [0, 0.05) is 11.1 Å². The van der Waals surface area contributed by atoms with E-state index in [9.17, 15) is 10.1 Å². The van der Waals surface area contributed by atoms with Crippen LogP contribution in [0, 0.1) is 25.2 Å². The molecule has 5 nitrogen and oxygen atoms in total. The van der Waals surface area contributed by atoms with Crippen LogP contribution in [0.1, 0.15) is 65.7 Å². The number of aryl methyl sites for hydroxylation is 1. The number of thiazole rings is 1. The molecular formula is C20H23N3O2S. The van der Waals surface area contributed by atoms with Crippen molar-refractivity contribution in [3.05, 3.63) is 32.8 Å². The van der Waals surface area contributed by atoms with Crippen molar-refractivity contribution in [3.8, 4) is 17.5 Å². The first-order valence-corrected chi connectivity index (χ1v) is 9.89. The maximum Gasteiger partial charge on any atom is 0.340 e. The number of carbonyl (C=O) groups is 1. The van der Waals surface area contributed by atoms with E-state index in [1.165, 1.54) is 23.3 Å². The number of esters is 1. The molecule has 136 valence electrons. The Morgan fingerprint density at radius 1 is 1.35 bits per heavy atom. The number of carbonyl (C=O) groups excluding carboxylic acids is 1. The molecule has 26 heavy (non-hydrogen) atoms. The Labute approximate surface area is 157 Å². The number of rotatable bonds is 4. The third-order valence-electron chi connectivity index (χ3n) is 4.81. The summed E-state index contributed by atoms with van der Waals surface area (Å²) >= 11 is 1.49. The van der Waals surface area contributed by atoms with Crippen LogP contribution in [0.4, 0.5) is 0 Å². The Kier molecular flexibility index (Phi) is 5.58. The number of allylic oxidation sites excluding steroid dienone is 2. The molecule has 2 aromatic rings. The fourth-order valence-electron chi connectivity index (χ4n) is 3.53. The van der Waals surface area contributed by atoms with Crippen LogP contribution in [-0.2, 0) is 4.74 Å². The zero-order valence-electron chi connectivity index (χ0n) is 15.4. The minimum Gasteiger partial charge on any atom is -0.462 e. The molecule has 1 saturated carbocycles. The maximum atomic E-state index is 12.2. The molecule has 0 atom stereocenters. The molecule has 0 unspecified atom stereocenters. The average molecular weight is 369 g/mol. The fourth-order valence-corrected chi connectivity index (χ4v) is 4.38. The summed E-state index contributed by atoms with van der Waals surface area (Å²) in [6.45, 7) is 5.90. The zero-order chi connectivity index (χ0) is 18.7. The number of aromatic nitrogens is 2. The summed E-state index contributed by atoms with van der Waals surface area (Å²) in [5.74, 6) is -0.317. The molecule has 0 amide bonds. The minimum absolute atomic E-state index is 0.317. The van der Waals surface area contributed by atoms with E-state index in [2.05, 4.69) is 11.1 Å². The first kappa shape index (κ1) is 18.4. The summed E-state index contributed by atoms with van der Waals surface area (Å²) < 4.78 is 5.15. The predicted molar refractivity (Wildman–Crippen MR) is 103 cm³/mol. The van der Waals surface area contributed by atoms with Crippen LogP contribution < -0.4 is 0 Å². The maximum absolute atomic E-state index is 12.2. The van der Waals surface area contributed by atoms with Gasteiger partial charge in [-0.05, 0) is 57.6 Å². The summed E-state index contributed by atoms with van der Waals surface area (Å²) in [5, 5.41) is 12.4. The Hall–Kier alpha value is -2.39. The van der Waals surface area contributed by atoms with Crippen molar-refractivity contribution in [3.63, 3.8) is 0 Å². The summed E-state index contributed by atoms with van der Waals surface area (Å²) in [7, 11) is 0. The van der Waals surface area contributed by atoms with E-state index in [1.54, 1.807) is 6.92 Å². The SMILES string of the molecule is CCOC(=O)c1c(C)[nH]c(-c2csc(C(C#N)=C3CCCCC3)n2)c1C. The van der Waals surface area contributed by atoms with Crippen LogP contribution in [0.5, 0.6) is 0 Å². The summed E-state index contributed by atoms with van der Waals surface area (Å²) in [6, 6.07) is 2.36. The second-order valence-electron chi connectivity index (χ2n) is 6.53. The highest BCUT2D eigenvalue weighted by Gasteiger charge is 2.22. The third-order valence-corrected chi connectivity index (χ3v) is 5.67. The lowest BCUT2D eigenvalue weighted by atomic mass is 9.91. The van der Waals surface area contributed by atoms with Crippen molar-refractivity contribution in [2.75, 3.05) is 6.61 Å². The molecule has 0 radical (unpaired) electrons. The molecule has 0 spiro atoms. The highest BCUT2D eigenvalue weighted by atomic mass is 32.1. The lowest BCUT2D eigenvalue weighted by Gasteiger charge is -2.14. The van der Waals surface area contributed by atoms with E-state index in [1.807, 2.05) is 19.2 Å². The molecule has 1 aliphatic carbocycles. The van der Waals surface area contributed by atoms with Gasteiger partial charge in [0.25, 0.3) is 0 Å². The number of nitriles is 1. The predicted octanol–water partition coefficient (Wildman–Crippen LogP) is 5.17. The average Bonchev–Trinajstić information content (AvgIpc) is 3.21. The van der Waals surface area contributed by atoms with Crippen molar-refractivity contribution >= 4 is 22.9 Å². The highest BCUT2D eigenvalue weighted by molar-refractivity contribution is 7.11. The van der Waals surface area contributed by atoms with Gasteiger partial charge in [0.15, 0.2) is 0 Å². The molecular weight excluding hydrogens is 346 g/mol. The number of hydrogen-bond acceptors (Lipinski definition) is 5. The molecule has 6 heteroatoms. The van der Waals surface area contributed by atoms with Gasteiger partial charge in [-0.1, -0.05) is 6.42 Å². The van der Waals surface area contributed by atoms with E-state index in [0.29, 0.717) is 12.2 Å². The van der Waals surface area contributed by atoms with Crippen LogP contribution >= 0.6 is 11.3 Å². The molecule has 0 bridgehead atoms. The number of nitrogens with one attached hydrogen (secondary N) is 1. The molecule has 2 aromatic heterocycles. The minimum atomic E-state index is -0.317. The standard InChI is InChI=1S/C20H23N3O2S/c1-4-25-20(24)17-12(2)18(22-13(17)3)16-11-26-19(23-16)15(10-21)14-8-6-5-7-9-14/h11,22H,4-9H2,1-3H3. The number of aromatic amines is 1. The molecule has 1 aliphatic rings. The van der Waals surface area contributed by atoms with Gasteiger partial charge in [-0.15, -0.1) is 11.3 Å². The fraction of sp³-hybridized carbons (Fsp3) is 0.450. The second-order valence-corrected chi connectivity index (χ2v) is 7.39. The Balaban J connectivity index is 1.97. The molecule has 0 saturated heterocycles. The van der Waals surface area contributed by atoms with Gasteiger partial charge in [-0.2, -0.15) is 5.26 Å². The van der Waals surface area contributed by atoms with Crippen LogP contribution in [0.15, 0.2) is 11.0 Å². The smallest absolute Gasteiger partial charge is 0.340 e. The van der Waals surface area contributed by atoms with Crippen LogP contribution in [0.25, 0.3) is 17.0 Å². The van der Waals surface area contributed by atoms with Crippen LogP contribution in [0.2, 0.25) is 0 Å². The molecule has 0 aliphatic heterocycles. The topological polar surface area (TPSA) is 78.8 Å². The number of ether oxygens (including phenoxy) is 1. The molecule has 2 heterocycles. The van der Waals surface area contributed by atoms with Gasteiger partial charge in [0.05, 0.1) is 29.1 Å². The Morgan fingerprint density at radius 2 is 2.08 bits per heavy atom. The quantitative estimate of drug-likeness (QED) is 0.595. The van der Waals surface area contributed by atoms with Crippen molar-refractivity contribution in [1.82, 2.24) is 9.97 Å². The van der Waals surface area contributed by atoms with Gasteiger partial charge < -0.3 is 9.72 Å². The monoisotopic (exact) mass is 369 g/mol. The second kappa shape index (κ2) is 7.88. The largest absolute Gasteiger partial charge is 0.462 e. The van der Waals surface area contributed by atoms with Crippen molar-refractivity contribution in [2.45, 2.75) is 52.9 Å². The lowest BCUT2D eigenvalue weighted by molar-refractivity contribution is 0.0525. The van der Waals surface area contributed by atoms with E-state index < -0.39 is 0 Å². The normalized spacial score (nSPS) is 14.2. The summed E-state index contributed by atoms with van der Waals surface area (Å²) in [5.41, 5.74) is 5.73. The molecule has 0 aromatic carbocycles. The van der Waals surface area contributed by atoms with Crippen LogP contribution in [0.3, 0.4) is 0 Å². The molecule has 1 fully saturated rings. The molecule has 3 rings (SSSR count). The molecule has 1 N–H and O–H groups in total. The first-order valence-electron chi connectivity index (χ1n) is 9.01. The third kappa shape index (κ3) is 3.45. The van der Waals surface area contributed by atoms with Crippen LogP contribution in [-0.4, -0.2) is 22.5 Å². The van der Waals surface area contributed by atoms with Crippen molar-refractivity contribution in [1.29, 1.82) is 5.26 Å². The number of H-pyrrole nitrogens is 1. The first-order chi connectivity index (χ1) is 12.6. The van der Waals surface area contributed by atoms with E-state index in [0.717, 1.165) is 58.9 Å². The number of nitrogens with zero attached hydrogens (tertiary/aromatic N) is 2.